The molecule has 5 rings (SSSR count). The third-order valence-electron chi connectivity index (χ3n) is 5.73. The second-order valence-corrected chi connectivity index (χ2v) is 9.08. The Morgan fingerprint density at radius 3 is 2.57 bits per heavy atom. The van der Waals surface area contributed by atoms with E-state index in [2.05, 4.69) is 38.6 Å². The molecule has 0 spiro atoms. The first-order valence-corrected chi connectivity index (χ1v) is 12.1. The first-order chi connectivity index (χ1) is 17.0. The molecular weight excluding hydrogens is 483 g/mol. The summed E-state index contributed by atoms with van der Waals surface area (Å²) in [6.45, 7) is 2.07. The number of nitrogens with one attached hydrogen (secondary N) is 2. The van der Waals surface area contributed by atoms with Gasteiger partial charge in [-0.05, 0) is 70.2 Å². The maximum Gasteiger partial charge on any atom is 0.323 e. The van der Waals surface area contributed by atoms with E-state index >= 15 is 0 Å². The number of H-pyrrole nitrogens is 2. The highest BCUT2D eigenvalue weighted by molar-refractivity contribution is 7.02. The van der Waals surface area contributed by atoms with Gasteiger partial charge in [0.2, 0.25) is 0 Å². The monoisotopic (exact) mass is 502 g/mol. The predicted molar refractivity (Wildman–Crippen MR) is 142 cm³/mol. The Hall–Kier alpha value is -3.81. The van der Waals surface area contributed by atoms with Gasteiger partial charge in [-0.25, -0.2) is 4.39 Å². The van der Waals surface area contributed by atoms with E-state index in [0.717, 1.165) is 55.8 Å². The van der Waals surface area contributed by atoms with Crippen LogP contribution in [0.15, 0.2) is 71.7 Å². The Morgan fingerprint density at radius 2 is 1.86 bits per heavy atom. The third-order valence-corrected chi connectivity index (χ3v) is 6.60. The molecule has 174 valence electrons. The van der Waals surface area contributed by atoms with Crippen molar-refractivity contribution in [3.63, 3.8) is 0 Å². The van der Waals surface area contributed by atoms with Gasteiger partial charge in [-0.3, -0.25) is 14.9 Å². The molecule has 5 nitrogen and oxygen atoms in total. The summed E-state index contributed by atoms with van der Waals surface area (Å²) in [5, 5.41) is 8.50. The van der Waals surface area contributed by atoms with E-state index < -0.39 is 0 Å². The van der Waals surface area contributed by atoms with Crippen molar-refractivity contribution in [2.24, 2.45) is 0 Å². The molecule has 2 heterocycles. The van der Waals surface area contributed by atoms with Gasteiger partial charge in [0.1, 0.15) is 11.6 Å². The lowest BCUT2D eigenvalue weighted by Crippen LogP contribution is -1.96. The zero-order valence-electron chi connectivity index (χ0n) is 18.7. The SMILES string of the molecule is CC/C(=C(/c1ccc(/C=C/c2nsc(=O)[nH]2)cc1)c1ccc2[nH]ncc2c1)c1ccc(F)cc1Cl. The van der Waals surface area contributed by atoms with Crippen LogP contribution in [-0.2, 0) is 0 Å². The largest absolute Gasteiger partial charge is 0.323 e. The number of aromatic amines is 2. The maximum absolute atomic E-state index is 13.8. The molecule has 2 N–H and O–H groups in total. The fourth-order valence-corrected chi connectivity index (χ4v) is 4.82. The molecule has 0 aliphatic carbocycles. The van der Waals surface area contributed by atoms with Gasteiger partial charge in [-0.2, -0.15) is 9.47 Å². The van der Waals surface area contributed by atoms with E-state index in [4.69, 9.17) is 11.6 Å². The Balaban J connectivity index is 1.63. The van der Waals surface area contributed by atoms with E-state index in [1.165, 1.54) is 12.1 Å². The Kier molecular flexibility index (Phi) is 6.44. The average molecular weight is 503 g/mol. The molecule has 0 aliphatic rings. The first kappa shape index (κ1) is 23.0. The zero-order valence-corrected chi connectivity index (χ0v) is 20.3. The molecule has 0 saturated carbocycles. The van der Waals surface area contributed by atoms with Crippen LogP contribution in [-0.4, -0.2) is 19.6 Å². The molecule has 0 atom stereocenters. The normalized spacial score (nSPS) is 12.4. The molecule has 0 fully saturated rings. The standard InChI is InChI=1S/C27H20ClFN4OS/c1-2-21(22-10-9-20(29)14-23(22)28)26(18-8-11-24-19(13-18)15-30-32-24)17-6-3-16(4-7-17)5-12-25-31-27(34)35-33-25/h3-15H,2H2,1H3,(H,30,32)(H,31,33,34)/b12-5+,26-21+. The van der Waals surface area contributed by atoms with E-state index in [0.29, 0.717) is 17.3 Å². The smallest absolute Gasteiger partial charge is 0.296 e. The van der Waals surface area contributed by atoms with E-state index in [9.17, 15) is 9.18 Å². The Bertz CT molecular complexity index is 1630. The number of nitrogens with zero attached hydrogens (tertiary/aromatic N) is 2. The summed E-state index contributed by atoms with van der Waals surface area (Å²) < 4.78 is 17.9. The summed E-state index contributed by atoms with van der Waals surface area (Å²) in [7, 11) is 0. The minimum Gasteiger partial charge on any atom is -0.296 e. The molecule has 5 aromatic rings. The van der Waals surface area contributed by atoms with Crippen LogP contribution in [0.4, 0.5) is 4.39 Å². The summed E-state index contributed by atoms with van der Waals surface area (Å²) in [5.41, 5.74) is 6.76. The number of aromatic nitrogens is 4. The van der Waals surface area contributed by atoms with Crippen LogP contribution < -0.4 is 4.87 Å². The van der Waals surface area contributed by atoms with Gasteiger partial charge in [0.15, 0.2) is 0 Å². The molecule has 0 unspecified atom stereocenters. The van der Waals surface area contributed by atoms with Crippen LogP contribution in [0.1, 0.15) is 41.4 Å². The fourth-order valence-electron chi connectivity index (χ4n) is 4.10. The number of halogens is 2. The number of allylic oxidation sites excluding steroid dienone is 1. The van der Waals surface area contributed by atoms with Crippen LogP contribution in [0, 0.1) is 5.82 Å². The molecule has 0 bridgehead atoms. The van der Waals surface area contributed by atoms with Gasteiger partial charge in [0.05, 0.1) is 16.7 Å². The van der Waals surface area contributed by atoms with Crippen LogP contribution in [0.25, 0.3) is 34.2 Å². The highest BCUT2D eigenvalue weighted by atomic mass is 35.5. The minimum absolute atomic E-state index is 0.184. The van der Waals surface area contributed by atoms with Gasteiger partial charge in [-0.1, -0.05) is 61.0 Å². The van der Waals surface area contributed by atoms with Gasteiger partial charge in [-0.15, -0.1) is 0 Å². The van der Waals surface area contributed by atoms with Crippen LogP contribution >= 0.6 is 23.1 Å². The van der Waals surface area contributed by atoms with Gasteiger partial charge in [0.25, 0.3) is 0 Å². The van der Waals surface area contributed by atoms with Gasteiger partial charge >= 0.3 is 4.87 Å². The van der Waals surface area contributed by atoms with Crippen molar-refractivity contribution in [2.75, 3.05) is 0 Å². The van der Waals surface area contributed by atoms with E-state index in [1.54, 1.807) is 18.3 Å². The lowest BCUT2D eigenvalue weighted by molar-refractivity contribution is 0.628. The molecule has 0 aliphatic heterocycles. The van der Waals surface area contributed by atoms with Crippen molar-refractivity contribution in [3.8, 4) is 0 Å². The van der Waals surface area contributed by atoms with Crippen molar-refractivity contribution in [3.05, 3.63) is 115 Å². The average Bonchev–Trinajstić information content (AvgIpc) is 3.50. The summed E-state index contributed by atoms with van der Waals surface area (Å²) in [6.07, 6.45) is 6.16. The molecule has 0 saturated heterocycles. The van der Waals surface area contributed by atoms with Crippen molar-refractivity contribution < 1.29 is 4.39 Å². The van der Waals surface area contributed by atoms with Crippen molar-refractivity contribution in [2.45, 2.75) is 13.3 Å². The Labute approximate surface area is 209 Å². The van der Waals surface area contributed by atoms with Crippen molar-refractivity contribution in [1.29, 1.82) is 0 Å². The number of hydrogen-bond acceptors (Lipinski definition) is 4. The topological polar surface area (TPSA) is 74.4 Å². The van der Waals surface area contributed by atoms with Gasteiger partial charge in [0, 0.05) is 16.9 Å². The summed E-state index contributed by atoms with van der Waals surface area (Å²) in [5.74, 6) is 0.158. The third kappa shape index (κ3) is 4.87. The van der Waals surface area contributed by atoms with E-state index in [-0.39, 0.29) is 10.7 Å². The lowest BCUT2D eigenvalue weighted by atomic mass is 9.87. The summed E-state index contributed by atoms with van der Waals surface area (Å²) in [6, 6.07) is 18.8. The highest BCUT2D eigenvalue weighted by Gasteiger charge is 2.16. The van der Waals surface area contributed by atoms with Crippen molar-refractivity contribution in [1.82, 2.24) is 19.6 Å². The number of fused-ring (bicyclic) bond motifs is 1. The summed E-state index contributed by atoms with van der Waals surface area (Å²) in [4.78, 5) is 13.8. The minimum atomic E-state index is -0.367. The number of rotatable bonds is 6. The molecule has 8 heteroatoms. The van der Waals surface area contributed by atoms with Crippen molar-refractivity contribution >= 4 is 57.3 Å². The maximum atomic E-state index is 13.8. The predicted octanol–water partition coefficient (Wildman–Crippen LogP) is 7.04. The zero-order chi connectivity index (χ0) is 24.4. The molecule has 0 amide bonds. The van der Waals surface area contributed by atoms with Gasteiger partial charge < -0.3 is 0 Å². The molecule has 35 heavy (non-hydrogen) atoms. The fraction of sp³-hybridized carbons (Fsp3) is 0.0741. The van der Waals surface area contributed by atoms with Crippen LogP contribution in [0.5, 0.6) is 0 Å². The van der Waals surface area contributed by atoms with Crippen LogP contribution in [0.3, 0.4) is 0 Å². The molecule has 2 aromatic heterocycles. The molecular formula is C27H20ClFN4OS. The highest BCUT2D eigenvalue weighted by Crippen LogP contribution is 2.38. The number of benzene rings is 3. The molecule has 3 aromatic carbocycles. The molecule has 0 radical (unpaired) electrons. The quantitative estimate of drug-likeness (QED) is 0.244. The Morgan fingerprint density at radius 1 is 1.06 bits per heavy atom. The second kappa shape index (κ2) is 9.82. The lowest BCUT2D eigenvalue weighted by Gasteiger charge is -2.18. The summed E-state index contributed by atoms with van der Waals surface area (Å²) >= 11 is 7.39. The van der Waals surface area contributed by atoms with Crippen LogP contribution in [0.2, 0.25) is 5.02 Å². The first-order valence-electron chi connectivity index (χ1n) is 11.0. The number of hydrogen-bond donors (Lipinski definition) is 2. The second-order valence-electron chi connectivity index (χ2n) is 7.94. The van der Waals surface area contributed by atoms with E-state index in [1.807, 2.05) is 36.4 Å².